The molecule has 104 valence electrons. The molecule has 0 amide bonds. The molecule has 0 heterocycles. The van der Waals surface area contributed by atoms with E-state index < -0.39 is 0 Å². The first-order chi connectivity index (χ1) is 9.61. The predicted molar refractivity (Wildman–Crippen MR) is 82.5 cm³/mol. The molecule has 3 N–H and O–H groups in total. The number of ether oxygens (including phenoxy) is 2. The van der Waals surface area contributed by atoms with Crippen molar-refractivity contribution in [3.05, 3.63) is 58.1 Å². The molecule has 0 aromatic heterocycles. The van der Waals surface area contributed by atoms with Crippen LogP contribution in [0.4, 0.5) is 0 Å². The number of hydrogen-bond acceptors (Lipinski definition) is 3. The van der Waals surface area contributed by atoms with Crippen LogP contribution in [0.3, 0.4) is 0 Å². The molecule has 0 saturated heterocycles. The van der Waals surface area contributed by atoms with Crippen LogP contribution >= 0.6 is 15.9 Å². The van der Waals surface area contributed by atoms with Crippen LogP contribution in [0, 0.1) is 5.41 Å². The minimum atomic E-state index is 0.0230. The molecule has 2 rings (SSSR count). The Hall–Kier alpha value is -2.01. The highest BCUT2D eigenvalue weighted by Crippen LogP contribution is 2.27. The van der Waals surface area contributed by atoms with Gasteiger partial charge < -0.3 is 15.2 Å². The summed E-state index contributed by atoms with van der Waals surface area (Å²) in [6.45, 7) is 0.340. The van der Waals surface area contributed by atoms with Crippen molar-refractivity contribution in [2.45, 2.75) is 6.61 Å². The lowest BCUT2D eigenvalue weighted by molar-refractivity contribution is 0.295. The molecule has 4 nitrogen and oxygen atoms in total. The van der Waals surface area contributed by atoms with Crippen LogP contribution in [0.1, 0.15) is 11.1 Å². The fourth-order valence-electron chi connectivity index (χ4n) is 1.78. The number of rotatable bonds is 5. The SMILES string of the molecule is COc1ccc(C(=N)N)cc1COc1ccccc1Br. The van der Waals surface area contributed by atoms with Gasteiger partial charge in [-0.05, 0) is 46.3 Å². The van der Waals surface area contributed by atoms with Gasteiger partial charge in [-0.25, -0.2) is 0 Å². The molecule has 20 heavy (non-hydrogen) atoms. The van der Waals surface area contributed by atoms with Crippen molar-refractivity contribution in [1.82, 2.24) is 0 Å². The molecule has 0 atom stereocenters. The maximum Gasteiger partial charge on any atom is 0.133 e. The second-order valence-electron chi connectivity index (χ2n) is 4.16. The van der Waals surface area contributed by atoms with Gasteiger partial charge >= 0.3 is 0 Å². The molecule has 0 aliphatic carbocycles. The number of hydrogen-bond donors (Lipinski definition) is 2. The molecule has 0 unspecified atom stereocenters. The Morgan fingerprint density at radius 3 is 2.60 bits per heavy atom. The first-order valence-electron chi connectivity index (χ1n) is 6.00. The largest absolute Gasteiger partial charge is 0.496 e. The summed E-state index contributed by atoms with van der Waals surface area (Å²) >= 11 is 3.43. The van der Waals surface area contributed by atoms with Crippen LogP contribution < -0.4 is 15.2 Å². The molecule has 2 aromatic carbocycles. The zero-order valence-electron chi connectivity index (χ0n) is 11.0. The smallest absolute Gasteiger partial charge is 0.133 e. The molecule has 0 saturated carbocycles. The molecule has 2 aromatic rings. The van der Waals surface area contributed by atoms with E-state index in [2.05, 4.69) is 15.9 Å². The molecule has 5 heteroatoms. The summed E-state index contributed by atoms with van der Waals surface area (Å²) in [5.41, 5.74) is 6.99. The van der Waals surface area contributed by atoms with Gasteiger partial charge in [0.15, 0.2) is 0 Å². The zero-order valence-corrected chi connectivity index (χ0v) is 12.6. The van der Waals surface area contributed by atoms with Crippen LogP contribution in [0.2, 0.25) is 0 Å². The number of nitrogens with two attached hydrogens (primary N) is 1. The lowest BCUT2D eigenvalue weighted by Crippen LogP contribution is -2.12. The highest BCUT2D eigenvalue weighted by molar-refractivity contribution is 9.10. The van der Waals surface area contributed by atoms with E-state index in [1.54, 1.807) is 25.3 Å². The van der Waals surface area contributed by atoms with Crippen molar-refractivity contribution in [3.63, 3.8) is 0 Å². The molecule has 0 bridgehead atoms. The van der Waals surface area contributed by atoms with E-state index in [9.17, 15) is 0 Å². The molecule has 0 aliphatic rings. The number of para-hydroxylation sites is 1. The quantitative estimate of drug-likeness (QED) is 0.651. The van der Waals surface area contributed by atoms with Crippen LogP contribution in [0.15, 0.2) is 46.9 Å². The van der Waals surface area contributed by atoms with Gasteiger partial charge in [0.1, 0.15) is 23.9 Å². The molecule has 0 radical (unpaired) electrons. The van der Waals surface area contributed by atoms with Crippen LogP contribution in [-0.4, -0.2) is 12.9 Å². The summed E-state index contributed by atoms with van der Waals surface area (Å²) < 4.78 is 11.9. The standard InChI is InChI=1S/C15H15BrN2O2/c1-19-13-7-6-10(15(17)18)8-11(13)9-20-14-5-3-2-4-12(14)16/h2-8H,9H2,1H3,(H3,17,18). The molecule has 0 aliphatic heterocycles. The molecule has 0 spiro atoms. The highest BCUT2D eigenvalue weighted by atomic mass is 79.9. The number of amidine groups is 1. The zero-order chi connectivity index (χ0) is 14.5. The van der Waals surface area contributed by atoms with Crippen molar-refractivity contribution in [1.29, 1.82) is 5.41 Å². The van der Waals surface area contributed by atoms with E-state index in [0.29, 0.717) is 17.9 Å². The van der Waals surface area contributed by atoms with Crippen molar-refractivity contribution in [2.24, 2.45) is 5.73 Å². The highest BCUT2D eigenvalue weighted by Gasteiger charge is 2.08. The van der Waals surface area contributed by atoms with Crippen LogP contribution in [0.25, 0.3) is 0 Å². The Balaban J connectivity index is 2.22. The third-order valence-electron chi connectivity index (χ3n) is 2.81. The van der Waals surface area contributed by atoms with Gasteiger partial charge in [0, 0.05) is 11.1 Å². The van der Waals surface area contributed by atoms with E-state index in [1.165, 1.54) is 0 Å². The van der Waals surface area contributed by atoms with Gasteiger partial charge in [-0.2, -0.15) is 0 Å². The average Bonchev–Trinajstić information content (AvgIpc) is 2.46. The van der Waals surface area contributed by atoms with Gasteiger partial charge in [0.05, 0.1) is 11.6 Å². The van der Waals surface area contributed by atoms with Crippen molar-refractivity contribution in [2.75, 3.05) is 7.11 Å². The van der Waals surface area contributed by atoms with Gasteiger partial charge in [-0.3, -0.25) is 5.41 Å². The van der Waals surface area contributed by atoms with E-state index in [-0.39, 0.29) is 5.84 Å². The normalized spacial score (nSPS) is 10.1. The monoisotopic (exact) mass is 334 g/mol. The summed E-state index contributed by atoms with van der Waals surface area (Å²) in [4.78, 5) is 0. The minimum Gasteiger partial charge on any atom is -0.496 e. The van der Waals surface area contributed by atoms with E-state index in [1.807, 2.05) is 24.3 Å². The second-order valence-corrected chi connectivity index (χ2v) is 5.01. The van der Waals surface area contributed by atoms with Gasteiger partial charge in [0.2, 0.25) is 0 Å². The number of methoxy groups -OCH3 is 1. The lowest BCUT2D eigenvalue weighted by atomic mass is 10.1. The Kier molecular flexibility index (Phi) is 4.63. The predicted octanol–water partition coefficient (Wildman–Crippen LogP) is 3.32. The Labute approximate surface area is 126 Å². The third-order valence-corrected chi connectivity index (χ3v) is 3.47. The molecular weight excluding hydrogens is 320 g/mol. The van der Waals surface area contributed by atoms with E-state index >= 15 is 0 Å². The topological polar surface area (TPSA) is 68.3 Å². The van der Waals surface area contributed by atoms with Crippen LogP contribution in [-0.2, 0) is 6.61 Å². The maximum atomic E-state index is 7.48. The Morgan fingerprint density at radius 1 is 1.20 bits per heavy atom. The summed E-state index contributed by atoms with van der Waals surface area (Å²) in [6.07, 6.45) is 0. The first kappa shape index (κ1) is 14.4. The summed E-state index contributed by atoms with van der Waals surface area (Å²) in [5, 5.41) is 7.48. The van der Waals surface area contributed by atoms with Crippen molar-refractivity contribution in [3.8, 4) is 11.5 Å². The fourth-order valence-corrected chi connectivity index (χ4v) is 2.18. The van der Waals surface area contributed by atoms with Crippen molar-refractivity contribution < 1.29 is 9.47 Å². The van der Waals surface area contributed by atoms with Crippen LogP contribution in [0.5, 0.6) is 11.5 Å². The average molecular weight is 335 g/mol. The first-order valence-corrected chi connectivity index (χ1v) is 6.79. The van der Waals surface area contributed by atoms with E-state index in [0.717, 1.165) is 15.8 Å². The third kappa shape index (κ3) is 3.30. The Morgan fingerprint density at radius 2 is 1.95 bits per heavy atom. The molecular formula is C15H15BrN2O2. The number of halogens is 1. The number of nitrogens with one attached hydrogen (secondary N) is 1. The van der Waals surface area contributed by atoms with Gasteiger partial charge in [-0.15, -0.1) is 0 Å². The summed E-state index contributed by atoms with van der Waals surface area (Å²) in [6, 6.07) is 13.0. The fraction of sp³-hybridized carbons (Fsp3) is 0.133. The lowest BCUT2D eigenvalue weighted by Gasteiger charge is -2.12. The second kappa shape index (κ2) is 6.43. The van der Waals surface area contributed by atoms with Crippen molar-refractivity contribution >= 4 is 21.8 Å². The minimum absolute atomic E-state index is 0.0230. The molecule has 0 fully saturated rings. The van der Waals surface area contributed by atoms with E-state index in [4.69, 9.17) is 20.6 Å². The summed E-state index contributed by atoms with van der Waals surface area (Å²) in [7, 11) is 1.60. The van der Waals surface area contributed by atoms with Gasteiger partial charge in [-0.1, -0.05) is 12.1 Å². The Bertz CT molecular complexity index is 629. The number of nitrogen functional groups attached to an aromatic ring is 1. The number of benzene rings is 2. The summed E-state index contributed by atoms with van der Waals surface area (Å²) in [5.74, 6) is 1.49. The van der Waals surface area contributed by atoms with Gasteiger partial charge in [0.25, 0.3) is 0 Å². The maximum absolute atomic E-state index is 7.48.